The van der Waals surface area contributed by atoms with Crippen LogP contribution in [0.5, 0.6) is 0 Å². The fourth-order valence-electron chi connectivity index (χ4n) is 1.19. The minimum atomic E-state index is 0.522. The molecule has 0 unspecified atom stereocenters. The molecule has 0 aliphatic rings. The van der Waals surface area contributed by atoms with Crippen molar-refractivity contribution < 1.29 is 0 Å². The van der Waals surface area contributed by atoms with E-state index in [-0.39, 0.29) is 0 Å². The fourth-order valence-corrected chi connectivity index (χ4v) is 1.48. The maximum absolute atomic E-state index is 5.39. The molecule has 1 aromatic rings. The molecular weight excluding hydrogens is 184 g/mol. The number of anilines is 1. The minimum absolute atomic E-state index is 0.522. The largest absolute Gasteiger partial charge is 0.381 e. The van der Waals surface area contributed by atoms with E-state index in [4.69, 9.17) is 18.0 Å². The molecular formula is C8H14N4S. The molecule has 0 saturated carbocycles. The van der Waals surface area contributed by atoms with E-state index in [0.29, 0.717) is 11.3 Å². The molecule has 0 radical (unpaired) electrons. The van der Waals surface area contributed by atoms with Gasteiger partial charge in [0.05, 0.1) is 11.4 Å². The van der Waals surface area contributed by atoms with Gasteiger partial charge in [0.15, 0.2) is 4.77 Å². The van der Waals surface area contributed by atoms with Gasteiger partial charge in [0, 0.05) is 18.8 Å². The van der Waals surface area contributed by atoms with Crippen LogP contribution >= 0.6 is 12.2 Å². The Morgan fingerprint density at radius 3 is 2.77 bits per heavy atom. The van der Waals surface area contributed by atoms with Crippen LogP contribution in [0.4, 0.5) is 5.69 Å². The molecule has 0 saturated heterocycles. The van der Waals surface area contributed by atoms with Crippen molar-refractivity contribution in [3.8, 4) is 0 Å². The molecule has 72 valence electrons. The molecule has 0 aliphatic heterocycles. The highest BCUT2D eigenvalue weighted by Gasteiger charge is 2.02. The Morgan fingerprint density at radius 2 is 2.23 bits per heavy atom. The van der Waals surface area contributed by atoms with Gasteiger partial charge >= 0.3 is 0 Å². The number of rotatable bonds is 3. The minimum Gasteiger partial charge on any atom is -0.381 e. The van der Waals surface area contributed by atoms with Crippen LogP contribution in [0.3, 0.4) is 0 Å². The van der Waals surface area contributed by atoms with E-state index in [1.54, 1.807) is 0 Å². The third-order valence-corrected chi connectivity index (χ3v) is 1.94. The third-order valence-electron chi connectivity index (χ3n) is 1.75. The van der Waals surface area contributed by atoms with Crippen LogP contribution in [0.2, 0.25) is 0 Å². The second kappa shape index (κ2) is 4.34. The van der Waals surface area contributed by atoms with Crippen molar-refractivity contribution in [3.05, 3.63) is 16.2 Å². The first-order chi connectivity index (χ1) is 6.15. The summed E-state index contributed by atoms with van der Waals surface area (Å²) in [6.07, 6.45) is 0. The van der Waals surface area contributed by atoms with Crippen molar-refractivity contribution >= 4 is 17.9 Å². The van der Waals surface area contributed by atoms with Crippen LogP contribution in [0.25, 0.3) is 0 Å². The summed E-state index contributed by atoms with van der Waals surface area (Å²) in [4.78, 5) is 7.13. The van der Waals surface area contributed by atoms with Gasteiger partial charge in [0.1, 0.15) is 0 Å². The highest BCUT2D eigenvalue weighted by molar-refractivity contribution is 7.71. The number of nitrogens with zero attached hydrogens (tertiary/aromatic N) is 1. The summed E-state index contributed by atoms with van der Waals surface area (Å²) >= 11 is 4.94. The summed E-state index contributed by atoms with van der Waals surface area (Å²) in [5.41, 5.74) is 8.31. The van der Waals surface area contributed by atoms with Crippen LogP contribution < -0.4 is 11.1 Å². The van der Waals surface area contributed by atoms with Gasteiger partial charge < -0.3 is 16.0 Å². The van der Waals surface area contributed by atoms with Gasteiger partial charge in [-0.2, -0.15) is 0 Å². The van der Waals surface area contributed by atoms with Crippen LogP contribution in [0.15, 0.2) is 0 Å². The lowest BCUT2D eigenvalue weighted by atomic mass is 10.3. The van der Waals surface area contributed by atoms with Gasteiger partial charge in [0.25, 0.3) is 0 Å². The molecule has 1 aromatic heterocycles. The Kier molecular flexibility index (Phi) is 3.39. The van der Waals surface area contributed by atoms with Crippen molar-refractivity contribution in [3.63, 3.8) is 0 Å². The summed E-state index contributed by atoms with van der Waals surface area (Å²) < 4.78 is 0.522. The Hall–Kier alpha value is -0.940. The predicted molar refractivity (Wildman–Crippen MR) is 56.4 cm³/mol. The van der Waals surface area contributed by atoms with Crippen molar-refractivity contribution in [2.45, 2.75) is 13.8 Å². The highest BCUT2D eigenvalue weighted by Crippen LogP contribution is 2.14. The molecule has 0 aliphatic carbocycles. The van der Waals surface area contributed by atoms with Gasteiger partial charge in [0.2, 0.25) is 0 Å². The number of aromatic amines is 1. The number of nitrogens with two attached hydrogens (primary N) is 1. The van der Waals surface area contributed by atoms with Crippen LogP contribution in [-0.2, 0) is 0 Å². The molecule has 0 bridgehead atoms. The van der Waals surface area contributed by atoms with E-state index in [1.165, 1.54) is 0 Å². The van der Waals surface area contributed by atoms with E-state index in [1.807, 2.05) is 13.8 Å². The average Bonchev–Trinajstić information content (AvgIpc) is 2.02. The summed E-state index contributed by atoms with van der Waals surface area (Å²) in [5.74, 6) is 0. The zero-order valence-electron chi connectivity index (χ0n) is 7.85. The Bertz CT molecular complexity index is 318. The lowest BCUT2D eigenvalue weighted by molar-refractivity contribution is 0.979. The maximum atomic E-state index is 5.39. The van der Waals surface area contributed by atoms with Crippen molar-refractivity contribution in [1.82, 2.24) is 9.97 Å². The summed E-state index contributed by atoms with van der Waals surface area (Å²) in [6, 6.07) is 0. The molecule has 1 heterocycles. The molecule has 5 heteroatoms. The van der Waals surface area contributed by atoms with E-state index in [2.05, 4.69) is 15.3 Å². The van der Waals surface area contributed by atoms with Crippen LogP contribution in [0, 0.1) is 18.6 Å². The normalized spacial score (nSPS) is 10.1. The summed E-state index contributed by atoms with van der Waals surface area (Å²) in [5, 5.41) is 3.19. The standard InChI is InChI=1S/C8H14N4S/c1-5-7(10-4-3-9)6(2)12-8(13)11-5/h10H,3-4,9H2,1-2H3,(H,11,12,13). The second-order valence-corrected chi connectivity index (χ2v) is 3.23. The summed E-state index contributed by atoms with van der Waals surface area (Å²) in [7, 11) is 0. The number of aromatic nitrogens is 2. The van der Waals surface area contributed by atoms with Crippen molar-refractivity contribution in [2.75, 3.05) is 18.4 Å². The monoisotopic (exact) mass is 198 g/mol. The van der Waals surface area contributed by atoms with Crippen LogP contribution in [-0.4, -0.2) is 23.1 Å². The molecule has 0 spiro atoms. The zero-order chi connectivity index (χ0) is 9.84. The van der Waals surface area contributed by atoms with E-state index in [9.17, 15) is 0 Å². The first kappa shape index (κ1) is 10.1. The number of hydrogen-bond donors (Lipinski definition) is 3. The average molecular weight is 198 g/mol. The fraction of sp³-hybridized carbons (Fsp3) is 0.500. The SMILES string of the molecule is Cc1nc(=S)[nH]c(C)c1NCCN. The smallest absolute Gasteiger partial charge is 0.197 e. The lowest BCUT2D eigenvalue weighted by Crippen LogP contribution is -2.15. The molecule has 0 fully saturated rings. The molecule has 4 N–H and O–H groups in total. The zero-order valence-corrected chi connectivity index (χ0v) is 8.66. The summed E-state index contributed by atoms with van der Waals surface area (Å²) in [6.45, 7) is 5.24. The van der Waals surface area contributed by atoms with Crippen molar-refractivity contribution in [1.29, 1.82) is 0 Å². The second-order valence-electron chi connectivity index (χ2n) is 2.84. The van der Waals surface area contributed by atoms with Gasteiger partial charge in [-0.25, -0.2) is 4.98 Å². The topological polar surface area (TPSA) is 66.7 Å². The quantitative estimate of drug-likeness (QED) is 0.637. The van der Waals surface area contributed by atoms with Crippen LogP contribution in [0.1, 0.15) is 11.4 Å². The van der Waals surface area contributed by atoms with E-state index >= 15 is 0 Å². The Morgan fingerprint density at radius 1 is 1.54 bits per heavy atom. The Balaban J connectivity index is 2.99. The van der Waals surface area contributed by atoms with E-state index < -0.39 is 0 Å². The van der Waals surface area contributed by atoms with E-state index in [0.717, 1.165) is 23.6 Å². The molecule has 1 rings (SSSR count). The van der Waals surface area contributed by atoms with Gasteiger partial charge in [-0.05, 0) is 26.1 Å². The Labute approximate surface area is 82.6 Å². The molecule has 4 nitrogen and oxygen atoms in total. The maximum Gasteiger partial charge on any atom is 0.197 e. The highest BCUT2D eigenvalue weighted by atomic mass is 32.1. The molecule has 0 amide bonds. The number of aryl methyl sites for hydroxylation is 2. The third kappa shape index (κ3) is 2.50. The molecule has 13 heavy (non-hydrogen) atoms. The first-order valence-corrected chi connectivity index (χ1v) is 4.57. The predicted octanol–water partition coefficient (Wildman–Crippen LogP) is 1.13. The number of nitrogens with one attached hydrogen (secondary N) is 2. The first-order valence-electron chi connectivity index (χ1n) is 4.16. The molecule has 0 aromatic carbocycles. The van der Waals surface area contributed by atoms with Gasteiger partial charge in [-0.1, -0.05) is 0 Å². The lowest BCUT2D eigenvalue weighted by Gasteiger charge is -2.10. The number of H-pyrrole nitrogens is 1. The van der Waals surface area contributed by atoms with Gasteiger partial charge in [-0.3, -0.25) is 0 Å². The van der Waals surface area contributed by atoms with Gasteiger partial charge in [-0.15, -0.1) is 0 Å². The number of hydrogen-bond acceptors (Lipinski definition) is 4. The van der Waals surface area contributed by atoms with Crippen molar-refractivity contribution in [2.24, 2.45) is 5.73 Å². The molecule has 0 atom stereocenters.